The normalized spacial score (nSPS) is 19.1. The van der Waals surface area contributed by atoms with Crippen LogP contribution in [0.5, 0.6) is 5.75 Å². The minimum Gasteiger partial charge on any atom is -0.496 e. The van der Waals surface area contributed by atoms with E-state index in [0.717, 1.165) is 37.3 Å². The Bertz CT molecular complexity index is 737. The smallest absolute Gasteiger partial charge is 0.123 e. The Kier molecular flexibility index (Phi) is 7.18. The summed E-state index contributed by atoms with van der Waals surface area (Å²) in [5.41, 5.74) is 2.55. The number of nitrogens with zero attached hydrogens (tertiary/aromatic N) is 3. The first-order chi connectivity index (χ1) is 14.3. The molecular formula is C25H35N3O. The zero-order valence-electron chi connectivity index (χ0n) is 17.8. The van der Waals surface area contributed by atoms with Gasteiger partial charge in [-0.1, -0.05) is 37.1 Å². The zero-order chi connectivity index (χ0) is 19.9. The second-order valence-corrected chi connectivity index (χ2v) is 8.76. The maximum atomic E-state index is 5.61. The van der Waals surface area contributed by atoms with E-state index in [4.69, 9.17) is 4.74 Å². The second kappa shape index (κ2) is 10.2. The molecule has 2 aromatic rings. The number of para-hydroxylation sites is 1. The molecule has 4 heteroatoms. The third-order valence-corrected chi connectivity index (χ3v) is 6.72. The van der Waals surface area contributed by atoms with Gasteiger partial charge in [-0.2, -0.15) is 0 Å². The third kappa shape index (κ3) is 5.58. The van der Waals surface area contributed by atoms with Crippen LogP contribution in [0.15, 0.2) is 48.8 Å². The molecule has 0 N–H and O–H groups in total. The molecule has 1 aliphatic heterocycles. The molecule has 1 aliphatic carbocycles. The average Bonchev–Trinajstić information content (AvgIpc) is 3.30. The summed E-state index contributed by atoms with van der Waals surface area (Å²) in [5.74, 6) is 1.76. The van der Waals surface area contributed by atoms with E-state index in [0.29, 0.717) is 0 Å². The highest BCUT2D eigenvalue weighted by molar-refractivity contribution is 5.33. The van der Waals surface area contributed by atoms with Crippen molar-refractivity contribution < 1.29 is 4.74 Å². The minimum absolute atomic E-state index is 0.777. The lowest BCUT2D eigenvalue weighted by atomic mass is 9.94. The van der Waals surface area contributed by atoms with E-state index in [1.165, 1.54) is 62.7 Å². The number of methoxy groups -OCH3 is 1. The van der Waals surface area contributed by atoms with Gasteiger partial charge in [-0.3, -0.25) is 9.88 Å². The van der Waals surface area contributed by atoms with Crippen molar-refractivity contribution in [3.05, 3.63) is 59.9 Å². The van der Waals surface area contributed by atoms with Gasteiger partial charge in [0.25, 0.3) is 0 Å². The lowest BCUT2D eigenvalue weighted by Gasteiger charge is -2.38. The van der Waals surface area contributed by atoms with Gasteiger partial charge in [0, 0.05) is 43.6 Å². The molecule has 0 atom stereocenters. The summed E-state index contributed by atoms with van der Waals surface area (Å²) in [6.45, 7) is 5.57. The third-order valence-electron chi connectivity index (χ3n) is 6.72. The number of likely N-dealkylation sites (tertiary alicyclic amines) is 1. The van der Waals surface area contributed by atoms with E-state index >= 15 is 0 Å². The molecule has 4 rings (SSSR count). The summed E-state index contributed by atoms with van der Waals surface area (Å²) >= 11 is 0. The summed E-state index contributed by atoms with van der Waals surface area (Å²) in [5, 5.41) is 0. The average molecular weight is 394 g/mol. The van der Waals surface area contributed by atoms with Gasteiger partial charge in [0.2, 0.25) is 0 Å². The summed E-state index contributed by atoms with van der Waals surface area (Å²) in [4.78, 5) is 9.68. The van der Waals surface area contributed by atoms with Gasteiger partial charge >= 0.3 is 0 Å². The van der Waals surface area contributed by atoms with E-state index in [9.17, 15) is 0 Å². The topological polar surface area (TPSA) is 28.6 Å². The largest absolute Gasteiger partial charge is 0.496 e. The Balaban J connectivity index is 1.40. The monoisotopic (exact) mass is 393 g/mol. The van der Waals surface area contributed by atoms with Gasteiger partial charge in [0.05, 0.1) is 7.11 Å². The Hall–Kier alpha value is -1.91. The van der Waals surface area contributed by atoms with E-state index in [1.807, 2.05) is 24.5 Å². The molecule has 0 bridgehead atoms. The minimum atomic E-state index is 0.777. The Morgan fingerprint density at radius 1 is 1.00 bits per heavy atom. The van der Waals surface area contributed by atoms with Crippen molar-refractivity contribution in [1.29, 1.82) is 0 Å². The van der Waals surface area contributed by atoms with Gasteiger partial charge in [0.15, 0.2) is 0 Å². The van der Waals surface area contributed by atoms with Crippen molar-refractivity contribution in [3.63, 3.8) is 0 Å². The molecule has 0 unspecified atom stereocenters. The number of pyridine rings is 1. The predicted molar refractivity (Wildman–Crippen MR) is 118 cm³/mol. The van der Waals surface area contributed by atoms with E-state index in [2.05, 4.69) is 39.0 Å². The van der Waals surface area contributed by atoms with Crippen molar-refractivity contribution in [3.8, 4) is 5.75 Å². The van der Waals surface area contributed by atoms with Crippen LogP contribution in [-0.4, -0.2) is 47.6 Å². The standard InChI is InChI=1S/C25H35N3O/c1-29-25-11-5-2-8-23(25)20-27(19-22-7-6-14-26-17-22)18-21-12-15-28(16-13-21)24-9-3-4-10-24/h2,5-8,11,14,17,21,24H,3-4,9-10,12-13,15-16,18-20H2,1H3. The van der Waals surface area contributed by atoms with Crippen LogP contribution in [-0.2, 0) is 13.1 Å². The van der Waals surface area contributed by atoms with Crippen molar-refractivity contribution in [2.45, 2.75) is 57.7 Å². The Labute approximate surface area is 175 Å². The molecule has 29 heavy (non-hydrogen) atoms. The van der Waals surface area contributed by atoms with E-state index in [-0.39, 0.29) is 0 Å². The van der Waals surface area contributed by atoms with Crippen molar-refractivity contribution in [2.24, 2.45) is 5.92 Å². The highest BCUT2D eigenvalue weighted by Gasteiger charge is 2.28. The van der Waals surface area contributed by atoms with Crippen molar-refractivity contribution in [2.75, 3.05) is 26.7 Å². The quantitative estimate of drug-likeness (QED) is 0.647. The number of hydrogen-bond donors (Lipinski definition) is 0. The first kappa shape index (κ1) is 20.4. The maximum Gasteiger partial charge on any atom is 0.123 e. The van der Waals surface area contributed by atoms with Gasteiger partial charge in [-0.25, -0.2) is 0 Å². The molecule has 0 amide bonds. The number of ether oxygens (including phenoxy) is 1. The fourth-order valence-corrected chi connectivity index (χ4v) is 5.14. The van der Waals surface area contributed by atoms with Crippen molar-refractivity contribution in [1.82, 2.24) is 14.8 Å². The summed E-state index contributed by atoms with van der Waals surface area (Å²) in [6.07, 6.45) is 12.2. The molecule has 156 valence electrons. The number of benzene rings is 1. The van der Waals surface area contributed by atoms with Crippen LogP contribution in [0.3, 0.4) is 0 Å². The van der Waals surface area contributed by atoms with Crippen LogP contribution in [0.2, 0.25) is 0 Å². The van der Waals surface area contributed by atoms with E-state index < -0.39 is 0 Å². The van der Waals surface area contributed by atoms with Crippen LogP contribution < -0.4 is 4.74 Å². The molecule has 0 radical (unpaired) electrons. The Morgan fingerprint density at radius 2 is 1.79 bits per heavy atom. The maximum absolute atomic E-state index is 5.61. The molecule has 0 spiro atoms. The molecule has 2 aliphatic rings. The van der Waals surface area contributed by atoms with Crippen LogP contribution in [0.4, 0.5) is 0 Å². The fraction of sp³-hybridized carbons (Fsp3) is 0.560. The first-order valence-electron chi connectivity index (χ1n) is 11.3. The number of rotatable bonds is 8. The molecule has 1 saturated heterocycles. The molecule has 1 saturated carbocycles. The molecular weight excluding hydrogens is 358 g/mol. The van der Waals surface area contributed by atoms with Crippen molar-refractivity contribution >= 4 is 0 Å². The summed E-state index contributed by atoms with van der Waals surface area (Å²) in [6, 6.07) is 13.5. The zero-order valence-corrected chi connectivity index (χ0v) is 17.8. The van der Waals surface area contributed by atoms with Gasteiger partial charge in [-0.05, 0) is 62.4 Å². The molecule has 2 heterocycles. The van der Waals surface area contributed by atoms with Gasteiger partial charge in [-0.15, -0.1) is 0 Å². The lowest BCUT2D eigenvalue weighted by molar-refractivity contribution is 0.106. The van der Waals surface area contributed by atoms with Crippen LogP contribution in [0.1, 0.15) is 49.7 Å². The first-order valence-corrected chi connectivity index (χ1v) is 11.3. The number of piperidine rings is 1. The molecule has 1 aromatic carbocycles. The Morgan fingerprint density at radius 3 is 2.52 bits per heavy atom. The van der Waals surface area contributed by atoms with Crippen LogP contribution in [0, 0.1) is 5.92 Å². The molecule has 4 nitrogen and oxygen atoms in total. The predicted octanol–water partition coefficient (Wildman–Crippen LogP) is 4.75. The van der Waals surface area contributed by atoms with E-state index in [1.54, 1.807) is 7.11 Å². The second-order valence-electron chi connectivity index (χ2n) is 8.76. The van der Waals surface area contributed by atoms with Crippen LogP contribution in [0.25, 0.3) is 0 Å². The molecule has 1 aromatic heterocycles. The fourth-order valence-electron chi connectivity index (χ4n) is 5.14. The lowest BCUT2D eigenvalue weighted by Crippen LogP contribution is -2.42. The highest BCUT2D eigenvalue weighted by atomic mass is 16.5. The molecule has 2 fully saturated rings. The van der Waals surface area contributed by atoms with Gasteiger partial charge in [0.1, 0.15) is 5.75 Å². The summed E-state index contributed by atoms with van der Waals surface area (Å²) < 4.78 is 5.61. The number of aromatic nitrogens is 1. The SMILES string of the molecule is COc1ccccc1CN(Cc1cccnc1)CC1CCN(C2CCCC2)CC1. The van der Waals surface area contributed by atoms with Crippen LogP contribution >= 0.6 is 0 Å². The summed E-state index contributed by atoms with van der Waals surface area (Å²) in [7, 11) is 1.77. The number of hydrogen-bond acceptors (Lipinski definition) is 4. The highest BCUT2D eigenvalue weighted by Crippen LogP contribution is 2.29. The van der Waals surface area contributed by atoms with Gasteiger partial charge < -0.3 is 9.64 Å².